The van der Waals surface area contributed by atoms with E-state index in [2.05, 4.69) is 4.98 Å². The third kappa shape index (κ3) is 2.91. The fourth-order valence-electron chi connectivity index (χ4n) is 2.57. The van der Waals surface area contributed by atoms with Crippen LogP contribution in [0.3, 0.4) is 0 Å². The summed E-state index contributed by atoms with van der Waals surface area (Å²) in [6.45, 7) is 0.321. The van der Waals surface area contributed by atoms with Crippen molar-refractivity contribution in [2.24, 2.45) is 0 Å². The van der Waals surface area contributed by atoms with Crippen LogP contribution in [0.2, 0.25) is 0 Å². The molecule has 0 bridgehead atoms. The zero-order valence-corrected chi connectivity index (χ0v) is 11.9. The first-order valence-electron chi connectivity index (χ1n) is 7.12. The van der Waals surface area contributed by atoms with E-state index in [0.717, 1.165) is 34.9 Å². The maximum absolute atomic E-state index is 11.4. The Kier molecular flexibility index (Phi) is 3.75. The van der Waals surface area contributed by atoms with Gasteiger partial charge in [0.25, 0.3) is 0 Å². The van der Waals surface area contributed by atoms with Gasteiger partial charge in [0.1, 0.15) is 0 Å². The number of amides is 1. The highest BCUT2D eigenvalue weighted by Gasteiger charge is 2.32. The molecule has 0 spiro atoms. The van der Waals surface area contributed by atoms with Crippen molar-refractivity contribution in [1.82, 2.24) is 9.88 Å². The lowest BCUT2D eigenvalue weighted by Crippen LogP contribution is -2.31. The molecular formula is C17H15N3O2. The Morgan fingerprint density at radius 3 is 3.00 bits per heavy atom. The summed E-state index contributed by atoms with van der Waals surface area (Å²) in [4.78, 5) is 17.3. The lowest BCUT2D eigenvalue weighted by molar-refractivity contribution is 0.139. The number of fused-ring (bicyclic) bond motifs is 1. The molecule has 5 nitrogen and oxygen atoms in total. The Balaban J connectivity index is 2.04. The van der Waals surface area contributed by atoms with Gasteiger partial charge in [-0.1, -0.05) is 6.07 Å². The highest BCUT2D eigenvalue weighted by Crippen LogP contribution is 2.30. The van der Waals surface area contributed by atoms with E-state index in [4.69, 9.17) is 5.26 Å². The second kappa shape index (κ2) is 5.86. The Bertz CT molecular complexity index is 788. The van der Waals surface area contributed by atoms with E-state index >= 15 is 0 Å². The van der Waals surface area contributed by atoms with Crippen molar-refractivity contribution in [2.45, 2.75) is 25.4 Å². The minimum atomic E-state index is -0.899. The highest BCUT2D eigenvalue weighted by atomic mass is 16.4. The first-order chi connectivity index (χ1) is 10.7. The normalized spacial score (nSPS) is 14.1. The number of aromatic nitrogens is 1. The summed E-state index contributed by atoms with van der Waals surface area (Å²) in [6.07, 6.45) is 5.79. The molecule has 1 fully saturated rings. The molecule has 110 valence electrons. The molecule has 3 rings (SSSR count). The molecule has 1 aliphatic rings. The molecule has 22 heavy (non-hydrogen) atoms. The first-order valence-corrected chi connectivity index (χ1v) is 7.12. The third-order valence-corrected chi connectivity index (χ3v) is 3.73. The van der Waals surface area contributed by atoms with Gasteiger partial charge in [0.05, 0.1) is 18.1 Å². The predicted octanol–water partition coefficient (Wildman–Crippen LogP) is 3.41. The molecule has 1 saturated carbocycles. The number of allylic oxidation sites excluding steroid dienone is 1. The van der Waals surface area contributed by atoms with Crippen LogP contribution >= 0.6 is 0 Å². The summed E-state index contributed by atoms with van der Waals surface area (Å²) in [7, 11) is 0. The zero-order chi connectivity index (χ0) is 15.5. The summed E-state index contributed by atoms with van der Waals surface area (Å²) in [5, 5.41) is 19.0. The van der Waals surface area contributed by atoms with E-state index in [0.29, 0.717) is 6.54 Å². The van der Waals surface area contributed by atoms with E-state index in [-0.39, 0.29) is 6.04 Å². The molecule has 1 aliphatic carbocycles. The average Bonchev–Trinajstić information content (AvgIpc) is 3.34. The summed E-state index contributed by atoms with van der Waals surface area (Å²) < 4.78 is 0. The van der Waals surface area contributed by atoms with E-state index < -0.39 is 6.09 Å². The zero-order valence-electron chi connectivity index (χ0n) is 11.9. The second-order valence-corrected chi connectivity index (χ2v) is 5.36. The number of pyridine rings is 1. The van der Waals surface area contributed by atoms with Crippen molar-refractivity contribution in [3.63, 3.8) is 0 Å². The quantitative estimate of drug-likeness (QED) is 0.876. The number of hydrogen-bond acceptors (Lipinski definition) is 3. The molecule has 0 radical (unpaired) electrons. The van der Waals surface area contributed by atoms with Crippen LogP contribution in [-0.4, -0.2) is 27.1 Å². The largest absolute Gasteiger partial charge is 0.465 e. The number of rotatable bonds is 4. The van der Waals surface area contributed by atoms with Gasteiger partial charge in [0.2, 0.25) is 0 Å². The average molecular weight is 293 g/mol. The maximum Gasteiger partial charge on any atom is 0.407 e. The SMILES string of the molecule is N#CC=Cc1cc(CN(C(=O)O)C2CC2)c2ncccc2c1. The summed E-state index contributed by atoms with van der Waals surface area (Å²) in [6, 6.07) is 9.73. The van der Waals surface area contributed by atoms with Crippen LogP contribution in [0.15, 0.2) is 36.5 Å². The van der Waals surface area contributed by atoms with Crippen LogP contribution in [0, 0.1) is 11.3 Å². The molecule has 0 aliphatic heterocycles. The second-order valence-electron chi connectivity index (χ2n) is 5.36. The summed E-state index contributed by atoms with van der Waals surface area (Å²) in [5.41, 5.74) is 2.55. The van der Waals surface area contributed by atoms with Gasteiger partial charge in [0, 0.05) is 23.7 Å². The predicted molar refractivity (Wildman–Crippen MR) is 83.0 cm³/mol. The van der Waals surface area contributed by atoms with Gasteiger partial charge in [-0.2, -0.15) is 5.26 Å². The van der Waals surface area contributed by atoms with Crippen LogP contribution in [-0.2, 0) is 6.54 Å². The van der Waals surface area contributed by atoms with Gasteiger partial charge in [-0.3, -0.25) is 4.98 Å². The Morgan fingerprint density at radius 2 is 2.32 bits per heavy atom. The molecular weight excluding hydrogens is 278 g/mol. The number of hydrogen-bond donors (Lipinski definition) is 1. The number of benzene rings is 1. The molecule has 1 aromatic carbocycles. The smallest absolute Gasteiger partial charge is 0.407 e. The molecule has 2 aromatic rings. The van der Waals surface area contributed by atoms with Gasteiger partial charge in [-0.05, 0) is 48.2 Å². The van der Waals surface area contributed by atoms with Gasteiger partial charge in [0.15, 0.2) is 0 Å². The van der Waals surface area contributed by atoms with Crippen molar-refractivity contribution in [1.29, 1.82) is 5.26 Å². The first kappa shape index (κ1) is 14.1. The van der Waals surface area contributed by atoms with Crippen molar-refractivity contribution in [2.75, 3.05) is 0 Å². The number of carboxylic acid groups (broad SMARTS) is 1. The van der Waals surface area contributed by atoms with Gasteiger partial charge >= 0.3 is 6.09 Å². The Hall–Kier alpha value is -2.87. The van der Waals surface area contributed by atoms with Crippen molar-refractivity contribution < 1.29 is 9.90 Å². The fourth-order valence-corrected chi connectivity index (χ4v) is 2.57. The third-order valence-electron chi connectivity index (χ3n) is 3.73. The summed E-state index contributed by atoms with van der Waals surface area (Å²) in [5.74, 6) is 0. The van der Waals surface area contributed by atoms with Crippen LogP contribution in [0.4, 0.5) is 4.79 Å². The van der Waals surface area contributed by atoms with Gasteiger partial charge < -0.3 is 10.0 Å². The maximum atomic E-state index is 11.4. The molecule has 0 unspecified atom stereocenters. The van der Waals surface area contributed by atoms with Crippen LogP contribution < -0.4 is 0 Å². The number of nitriles is 1. The molecule has 1 heterocycles. The Morgan fingerprint density at radius 1 is 1.50 bits per heavy atom. The minimum Gasteiger partial charge on any atom is -0.465 e. The highest BCUT2D eigenvalue weighted by molar-refractivity contribution is 5.85. The number of carbonyl (C=O) groups is 1. The van der Waals surface area contributed by atoms with E-state index in [1.165, 1.54) is 11.0 Å². The molecule has 1 amide bonds. The van der Waals surface area contributed by atoms with Crippen LogP contribution in [0.1, 0.15) is 24.0 Å². The topological polar surface area (TPSA) is 77.2 Å². The van der Waals surface area contributed by atoms with Crippen molar-refractivity contribution in [3.8, 4) is 6.07 Å². The minimum absolute atomic E-state index is 0.120. The van der Waals surface area contributed by atoms with E-state index in [1.807, 2.05) is 30.3 Å². The fraction of sp³-hybridized carbons (Fsp3) is 0.235. The monoisotopic (exact) mass is 293 g/mol. The lowest BCUT2D eigenvalue weighted by Gasteiger charge is -2.19. The van der Waals surface area contributed by atoms with Gasteiger partial charge in [-0.25, -0.2) is 4.79 Å². The van der Waals surface area contributed by atoms with Crippen molar-refractivity contribution in [3.05, 3.63) is 47.7 Å². The van der Waals surface area contributed by atoms with E-state index in [9.17, 15) is 9.90 Å². The standard InChI is InChI=1S/C17H15N3O2/c18-7-1-3-12-9-13-4-2-8-19-16(13)14(10-12)11-20(17(21)22)15-5-6-15/h1-4,8-10,15H,5-6,11H2,(H,21,22). The lowest BCUT2D eigenvalue weighted by atomic mass is 10.0. The van der Waals surface area contributed by atoms with E-state index in [1.54, 1.807) is 12.3 Å². The van der Waals surface area contributed by atoms with Crippen LogP contribution in [0.5, 0.6) is 0 Å². The molecule has 0 saturated heterocycles. The van der Waals surface area contributed by atoms with Crippen molar-refractivity contribution >= 4 is 23.1 Å². The molecule has 0 atom stereocenters. The van der Waals surface area contributed by atoms with Gasteiger partial charge in [-0.15, -0.1) is 0 Å². The molecule has 1 aromatic heterocycles. The number of nitrogens with zero attached hydrogens (tertiary/aromatic N) is 3. The summed E-state index contributed by atoms with van der Waals surface area (Å²) >= 11 is 0. The molecule has 1 N–H and O–H groups in total. The Labute approximate surface area is 128 Å². The van der Waals surface area contributed by atoms with Crippen LogP contribution in [0.25, 0.3) is 17.0 Å². The molecule has 5 heteroatoms.